The molecule has 1 N–H and O–H groups in total. The third-order valence-electron chi connectivity index (χ3n) is 4.79. The average Bonchev–Trinajstić information content (AvgIpc) is 2.69. The van der Waals surface area contributed by atoms with Gasteiger partial charge in [0.15, 0.2) is 0 Å². The molecule has 27 heavy (non-hydrogen) atoms. The third kappa shape index (κ3) is 6.54. The fourth-order valence-corrected chi connectivity index (χ4v) is 3.08. The van der Waals surface area contributed by atoms with Crippen LogP contribution in [0.1, 0.15) is 50.4 Å². The van der Waals surface area contributed by atoms with Crippen LogP contribution in [0.2, 0.25) is 0 Å². The van der Waals surface area contributed by atoms with Gasteiger partial charge in [-0.15, -0.1) is 0 Å². The minimum atomic E-state index is -0.0433. The Labute approximate surface area is 162 Å². The van der Waals surface area contributed by atoms with Crippen LogP contribution in [-0.4, -0.2) is 67.0 Å². The summed E-state index contributed by atoms with van der Waals surface area (Å²) in [5, 5.41) is 3.24. The van der Waals surface area contributed by atoms with Gasteiger partial charge in [-0.3, -0.25) is 9.59 Å². The van der Waals surface area contributed by atoms with Crippen molar-refractivity contribution in [1.82, 2.24) is 15.1 Å². The monoisotopic (exact) mass is 375 g/mol. The van der Waals surface area contributed by atoms with Crippen molar-refractivity contribution >= 4 is 11.8 Å². The molecule has 6 heteroatoms. The number of nitrogens with zero attached hydrogens (tertiary/aromatic N) is 2. The lowest BCUT2D eigenvalue weighted by Gasteiger charge is -2.30. The van der Waals surface area contributed by atoms with Crippen LogP contribution in [0.4, 0.5) is 0 Å². The summed E-state index contributed by atoms with van der Waals surface area (Å²) >= 11 is 0. The van der Waals surface area contributed by atoms with E-state index in [0.717, 1.165) is 44.8 Å². The molecule has 0 aromatic heterocycles. The summed E-state index contributed by atoms with van der Waals surface area (Å²) in [5.41, 5.74) is 0.626. The van der Waals surface area contributed by atoms with Gasteiger partial charge in [-0.2, -0.15) is 0 Å². The average molecular weight is 376 g/mol. The number of benzene rings is 1. The topological polar surface area (TPSA) is 61.9 Å². The molecule has 0 radical (unpaired) electrons. The number of carbonyl (C=O) groups excluding carboxylic acids is 2. The fourth-order valence-electron chi connectivity index (χ4n) is 3.08. The van der Waals surface area contributed by atoms with Crippen LogP contribution in [0.5, 0.6) is 5.75 Å². The maximum absolute atomic E-state index is 12.9. The molecular formula is C21H33N3O3. The molecule has 1 fully saturated rings. The molecule has 150 valence electrons. The Balaban J connectivity index is 1.92. The molecule has 1 saturated heterocycles. The first-order valence-corrected chi connectivity index (χ1v) is 10.0. The molecule has 1 aromatic rings. The molecule has 6 nitrogen and oxygen atoms in total. The second-order valence-electron chi connectivity index (χ2n) is 7.20. The van der Waals surface area contributed by atoms with Gasteiger partial charge in [0.05, 0.1) is 6.61 Å². The molecule has 1 aliphatic heterocycles. The number of hydrogen-bond donors (Lipinski definition) is 1. The van der Waals surface area contributed by atoms with Crippen LogP contribution in [0.25, 0.3) is 0 Å². The number of carbonyl (C=O) groups is 2. The largest absolute Gasteiger partial charge is 0.494 e. The Morgan fingerprint density at radius 1 is 1.19 bits per heavy atom. The molecule has 0 atom stereocenters. The predicted molar refractivity (Wildman–Crippen MR) is 107 cm³/mol. The molecule has 0 aliphatic carbocycles. The Morgan fingerprint density at radius 3 is 2.44 bits per heavy atom. The highest BCUT2D eigenvalue weighted by Gasteiger charge is 2.22. The summed E-state index contributed by atoms with van der Waals surface area (Å²) < 4.78 is 5.66. The molecule has 2 amide bonds. The number of piperazine rings is 1. The van der Waals surface area contributed by atoms with Gasteiger partial charge in [0.1, 0.15) is 5.75 Å². The molecule has 1 aliphatic rings. The Morgan fingerprint density at radius 2 is 1.85 bits per heavy atom. The van der Waals surface area contributed by atoms with Crippen LogP contribution in [0.3, 0.4) is 0 Å². The zero-order valence-electron chi connectivity index (χ0n) is 16.9. The van der Waals surface area contributed by atoms with Gasteiger partial charge in [0.25, 0.3) is 5.91 Å². The van der Waals surface area contributed by atoms with Crippen LogP contribution in [0, 0.1) is 0 Å². The maximum atomic E-state index is 12.9. The first kappa shape index (κ1) is 21.2. The van der Waals surface area contributed by atoms with Gasteiger partial charge in [0.2, 0.25) is 5.91 Å². The van der Waals surface area contributed by atoms with E-state index < -0.39 is 0 Å². The first-order valence-electron chi connectivity index (χ1n) is 10.0. The van der Waals surface area contributed by atoms with Gasteiger partial charge in [0, 0.05) is 50.7 Å². The molecule has 2 rings (SSSR count). The van der Waals surface area contributed by atoms with Crippen molar-refractivity contribution in [3.05, 3.63) is 29.8 Å². The van der Waals surface area contributed by atoms with E-state index in [1.54, 1.807) is 17.0 Å². The molecule has 0 saturated carbocycles. The van der Waals surface area contributed by atoms with Crippen molar-refractivity contribution in [2.24, 2.45) is 0 Å². The lowest BCUT2D eigenvalue weighted by molar-refractivity contribution is -0.132. The van der Waals surface area contributed by atoms with E-state index in [4.69, 9.17) is 4.74 Å². The highest BCUT2D eigenvalue weighted by molar-refractivity contribution is 5.94. The quantitative estimate of drug-likeness (QED) is 0.674. The Bertz CT molecular complexity index is 595. The van der Waals surface area contributed by atoms with Crippen molar-refractivity contribution in [3.63, 3.8) is 0 Å². The van der Waals surface area contributed by atoms with Crippen molar-refractivity contribution in [2.45, 2.75) is 46.1 Å². The molecule has 1 aromatic carbocycles. The second kappa shape index (κ2) is 10.9. The Kier molecular flexibility index (Phi) is 8.58. The molecule has 0 spiro atoms. The number of amides is 2. The van der Waals surface area contributed by atoms with Crippen molar-refractivity contribution in [3.8, 4) is 5.75 Å². The van der Waals surface area contributed by atoms with E-state index in [0.29, 0.717) is 25.1 Å². The second-order valence-corrected chi connectivity index (χ2v) is 7.20. The number of ether oxygens (including phenoxy) is 1. The molecule has 1 heterocycles. The normalized spacial score (nSPS) is 14.3. The minimum absolute atomic E-state index is 0.0359. The lowest BCUT2D eigenvalue weighted by Crippen LogP contribution is -2.47. The number of nitrogens with one attached hydrogen (secondary N) is 1. The van der Waals surface area contributed by atoms with Gasteiger partial charge >= 0.3 is 0 Å². The van der Waals surface area contributed by atoms with E-state index in [-0.39, 0.29) is 17.9 Å². The van der Waals surface area contributed by atoms with E-state index in [2.05, 4.69) is 12.2 Å². The third-order valence-corrected chi connectivity index (χ3v) is 4.79. The standard InChI is InChI=1S/C21H33N3O3/c1-4-5-16-27-19-8-6-18(7-9-19)21(26)24(17(2)3)13-10-20(25)23-14-11-22-12-15-23/h6-9,17,22H,4-5,10-16H2,1-3H3. The van der Waals surface area contributed by atoms with Crippen LogP contribution >= 0.6 is 0 Å². The van der Waals surface area contributed by atoms with E-state index >= 15 is 0 Å². The molecule has 0 unspecified atom stereocenters. The Hall–Kier alpha value is -2.08. The zero-order chi connectivity index (χ0) is 19.6. The summed E-state index contributed by atoms with van der Waals surface area (Å²) in [6.45, 7) is 10.4. The highest BCUT2D eigenvalue weighted by Crippen LogP contribution is 2.16. The van der Waals surface area contributed by atoms with E-state index in [1.165, 1.54) is 0 Å². The van der Waals surface area contributed by atoms with Gasteiger partial charge in [-0.1, -0.05) is 13.3 Å². The van der Waals surface area contributed by atoms with E-state index in [1.807, 2.05) is 30.9 Å². The van der Waals surface area contributed by atoms with Crippen LogP contribution < -0.4 is 10.1 Å². The van der Waals surface area contributed by atoms with Crippen molar-refractivity contribution in [1.29, 1.82) is 0 Å². The van der Waals surface area contributed by atoms with Crippen molar-refractivity contribution < 1.29 is 14.3 Å². The summed E-state index contributed by atoms with van der Waals surface area (Å²) in [6.07, 6.45) is 2.47. The molecule has 0 bridgehead atoms. The maximum Gasteiger partial charge on any atom is 0.254 e. The zero-order valence-corrected chi connectivity index (χ0v) is 16.9. The number of rotatable bonds is 9. The molecular weight excluding hydrogens is 342 g/mol. The highest BCUT2D eigenvalue weighted by atomic mass is 16.5. The fraction of sp³-hybridized carbons (Fsp3) is 0.619. The van der Waals surface area contributed by atoms with E-state index in [9.17, 15) is 9.59 Å². The predicted octanol–water partition coefficient (Wildman–Crippen LogP) is 2.54. The SMILES string of the molecule is CCCCOc1ccc(C(=O)N(CCC(=O)N2CCNCC2)C(C)C)cc1. The minimum Gasteiger partial charge on any atom is -0.494 e. The number of unbranched alkanes of at least 4 members (excludes halogenated alkanes) is 1. The summed E-state index contributed by atoms with van der Waals surface area (Å²) in [7, 11) is 0. The smallest absolute Gasteiger partial charge is 0.254 e. The van der Waals surface area contributed by atoms with Gasteiger partial charge in [-0.25, -0.2) is 0 Å². The van der Waals surface area contributed by atoms with Crippen molar-refractivity contribution in [2.75, 3.05) is 39.3 Å². The van der Waals surface area contributed by atoms with Crippen LogP contribution in [0.15, 0.2) is 24.3 Å². The van der Waals surface area contributed by atoms with Gasteiger partial charge < -0.3 is 19.9 Å². The summed E-state index contributed by atoms with van der Waals surface area (Å²) in [5.74, 6) is 0.859. The summed E-state index contributed by atoms with van der Waals surface area (Å²) in [4.78, 5) is 28.9. The summed E-state index contributed by atoms with van der Waals surface area (Å²) in [6, 6.07) is 7.32. The first-order chi connectivity index (χ1) is 13.0. The number of hydrogen-bond acceptors (Lipinski definition) is 4. The van der Waals surface area contributed by atoms with Crippen LogP contribution in [-0.2, 0) is 4.79 Å². The van der Waals surface area contributed by atoms with Gasteiger partial charge in [-0.05, 0) is 44.5 Å². The lowest BCUT2D eigenvalue weighted by atomic mass is 10.1.